The fraction of sp³-hybridized carbons (Fsp3) is 0.867. The SMILES string of the molecule is CC(C)C[C@@H](NC(=O)N1CCOC2CCCCC21)C(=O)O. The van der Waals surface area contributed by atoms with E-state index in [9.17, 15) is 14.7 Å². The van der Waals surface area contributed by atoms with E-state index >= 15 is 0 Å². The number of nitrogens with one attached hydrogen (secondary N) is 1. The molecule has 1 aliphatic heterocycles. The normalized spacial score (nSPS) is 27.1. The summed E-state index contributed by atoms with van der Waals surface area (Å²) in [5.74, 6) is -0.746. The van der Waals surface area contributed by atoms with Gasteiger partial charge in [-0.05, 0) is 25.2 Å². The highest BCUT2D eigenvalue weighted by Crippen LogP contribution is 2.28. The first-order valence-corrected chi connectivity index (χ1v) is 7.90. The molecule has 3 atom stereocenters. The number of hydrogen-bond acceptors (Lipinski definition) is 3. The second kappa shape index (κ2) is 7.11. The number of carboxylic acid groups (broad SMARTS) is 1. The first-order valence-electron chi connectivity index (χ1n) is 7.90. The molecule has 2 aliphatic rings. The van der Waals surface area contributed by atoms with Crippen molar-refractivity contribution >= 4 is 12.0 Å². The van der Waals surface area contributed by atoms with Gasteiger partial charge in [-0.25, -0.2) is 9.59 Å². The Labute approximate surface area is 125 Å². The number of carbonyl (C=O) groups excluding carboxylic acids is 1. The van der Waals surface area contributed by atoms with E-state index in [4.69, 9.17) is 4.74 Å². The molecule has 6 nitrogen and oxygen atoms in total. The van der Waals surface area contributed by atoms with Crippen LogP contribution in [0.4, 0.5) is 4.79 Å². The predicted octanol–water partition coefficient (Wildman–Crippen LogP) is 1.84. The zero-order chi connectivity index (χ0) is 15.4. The number of carbonyl (C=O) groups is 2. The van der Waals surface area contributed by atoms with Gasteiger partial charge in [0.05, 0.1) is 18.8 Å². The molecule has 1 saturated heterocycles. The Morgan fingerprint density at radius 1 is 1.33 bits per heavy atom. The van der Waals surface area contributed by atoms with Gasteiger partial charge in [0.2, 0.25) is 0 Å². The van der Waals surface area contributed by atoms with Crippen molar-refractivity contribution in [1.29, 1.82) is 0 Å². The molecule has 0 bridgehead atoms. The van der Waals surface area contributed by atoms with E-state index in [1.54, 1.807) is 4.90 Å². The van der Waals surface area contributed by atoms with Crippen LogP contribution in [0.3, 0.4) is 0 Å². The van der Waals surface area contributed by atoms with Crippen molar-refractivity contribution in [1.82, 2.24) is 10.2 Å². The van der Waals surface area contributed by atoms with Gasteiger partial charge < -0.3 is 20.1 Å². The Balaban J connectivity index is 1.98. The van der Waals surface area contributed by atoms with E-state index in [2.05, 4.69) is 5.32 Å². The highest BCUT2D eigenvalue weighted by atomic mass is 16.5. The van der Waals surface area contributed by atoms with Gasteiger partial charge in [0.1, 0.15) is 6.04 Å². The summed E-state index contributed by atoms with van der Waals surface area (Å²) in [6.45, 7) is 4.99. The smallest absolute Gasteiger partial charge is 0.326 e. The first kappa shape index (κ1) is 16.1. The molecule has 0 aromatic rings. The highest BCUT2D eigenvalue weighted by molar-refractivity contribution is 5.82. The third-order valence-electron chi connectivity index (χ3n) is 4.30. The van der Waals surface area contributed by atoms with Crippen LogP contribution in [0.15, 0.2) is 0 Å². The van der Waals surface area contributed by atoms with E-state index in [0.29, 0.717) is 19.6 Å². The van der Waals surface area contributed by atoms with Gasteiger partial charge >= 0.3 is 12.0 Å². The minimum Gasteiger partial charge on any atom is -0.480 e. The number of carboxylic acids is 1. The Bertz CT molecular complexity index is 384. The lowest BCUT2D eigenvalue weighted by Gasteiger charge is -2.43. The van der Waals surface area contributed by atoms with Crippen LogP contribution < -0.4 is 5.32 Å². The van der Waals surface area contributed by atoms with E-state index < -0.39 is 12.0 Å². The van der Waals surface area contributed by atoms with Crippen molar-refractivity contribution in [2.45, 2.75) is 64.1 Å². The molecule has 2 N–H and O–H groups in total. The average Bonchev–Trinajstić information content (AvgIpc) is 2.45. The number of nitrogens with zero attached hydrogens (tertiary/aromatic N) is 1. The molecule has 0 aromatic heterocycles. The van der Waals surface area contributed by atoms with Gasteiger partial charge in [-0.1, -0.05) is 26.7 Å². The van der Waals surface area contributed by atoms with E-state index in [1.807, 2.05) is 13.8 Å². The molecule has 1 heterocycles. The fourth-order valence-corrected chi connectivity index (χ4v) is 3.27. The van der Waals surface area contributed by atoms with Crippen molar-refractivity contribution in [2.24, 2.45) is 5.92 Å². The topological polar surface area (TPSA) is 78.9 Å². The van der Waals surface area contributed by atoms with Gasteiger partial charge in [-0.2, -0.15) is 0 Å². The minimum absolute atomic E-state index is 0.0981. The van der Waals surface area contributed by atoms with Crippen LogP contribution in [0.5, 0.6) is 0 Å². The Morgan fingerprint density at radius 2 is 2.05 bits per heavy atom. The van der Waals surface area contributed by atoms with Crippen LogP contribution in [0.1, 0.15) is 46.0 Å². The standard InChI is InChI=1S/C15H26N2O4/c1-10(2)9-11(14(18)19)16-15(20)17-7-8-21-13-6-4-3-5-12(13)17/h10-13H,3-9H2,1-2H3,(H,16,20)(H,18,19)/t11-,12?,13?/m1/s1. The Hall–Kier alpha value is -1.30. The molecule has 0 aromatic carbocycles. The lowest BCUT2D eigenvalue weighted by atomic mass is 9.90. The van der Waals surface area contributed by atoms with Crippen LogP contribution in [0.2, 0.25) is 0 Å². The van der Waals surface area contributed by atoms with Crippen molar-refractivity contribution in [3.8, 4) is 0 Å². The van der Waals surface area contributed by atoms with Crippen LogP contribution >= 0.6 is 0 Å². The van der Waals surface area contributed by atoms with Crippen molar-refractivity contribution in [3.05, 3.63) is 0 Å². The Kier molecular flexibility index (Phi) is 5.45. The molecule has 1 aliphatic carbocycles. The van der Waals surface area contributed by atoms with Crippen molar-refractivity contribution in [3.63, 3.8) is 0 Å². The van der Waals surface area contributed by atoms with Crippen molar-refractivity contribution in [2.75, 3.05) is 13.2 Å². The second-order valence-electron chi connectivity index (χ2n) is 6.42. The summed E-state index contributed by atoms with van der Waals surface area (Å²) in [7, 11) is 0. The molecular formula is C15H26N2O4. The largest absolute Gasteiger partial charge is 0.480 e. The number of rotatable bonds is 4. The lowest BCUT2D eigenvalue weighted by molar-refractivity contribution is -0.139. The van der Waals surface area contributed by atoms with Gasteiger partial charge in [-0.15, -0.1) is 0 Å². The molecule has 2 fully saturated rings. The second-order valence-corrected chi connectivity index (χ2v) is 6.42. The zero-order valence-electron chi connectivity index (χ0n) is 12.9. The maximum atomic E-state index is 12.4. The number of hydrogen-bond donors (Lipinski definition) is 2. The monoisotopic (exact) mass is 298 g/mol. The Morgan fingerprint density at radius 3 is 2.71 bits per heavy atom. The average molecular weight is 298 g/mol. The molecule has 6 heteroatoms. The van der Waals surface area contributed by atoms with Crippen LogP contribution in [0, 0.1) is 5.92 Å². The van der Waals surface area contributed by atoms with Crippen LogP contribution in [-0.4, -0.2) is 53.3 Å². The zero-order valence-corrected chi connectivity index (χ0v) is 12.9. The molecule has 0 spiro atoms. The van der Waals surface area contributed by atoms with Gasteiger partial charge in [0.15, 0.2) is 0 Å². The highest BCUT2D eigenvalue weighted by Gasteiger charge is 2.37. The number of ether oxygens (including phenoxy) is 1. The molecule has 2 rings (SSSR count). The summed E-state index contributed by atoms with van der Waals surface area (Å²) < 4.78 is 5.74. The van der Waals surface area contributed by atoms with Gasteiger partial charge in [0, 0.05) is 6.54 Å². The predicted molar refractivity (Wildman–Crippen MR) is 78.1 cm³/mol. The number of aliphatic carboxylic acids is 1. The van der Waals surface area contributed by atoms with Crippen molar-refractivity contribution < 1.29 is 19.4 Å². The number of morpholine rings is 1. The number of urea groups is 1. The molecule has 2 amide bonds. The maximum Gasteiger partial charge on any atom is 0.326 e. The van der Waals surface area contributed by atoms with E-state index in [0.717, 1.165) is 25.7 Å². The third-order valence-corrected chi connectivity index (χ3v) is 4.30. The molecular weight excluding hydrogens is 272 g/mol. The molecule has 1 saturated carbocycles. The number of amides is 2. The quantitative estimate of drug-likeness (QED) is 0.830. The molecule has 21 heavy (non-hydrogen) atoms. The summed E-state index contributed by atoms with van der Waals surface area (Å²) in [5.41, 5.74) is 0. The van der Waals surface area contributed by atoms with Gasteiger partial charge in [-0.3, -0.25) is 0 Å². The van der Waals surface area contributed by atoms with Gasteiger partial charge in [0.25, 0.3) is 0 Å². The number of fused-ring (bicyclic) bond motifs is 1. The molecule has 0 radical (unpaired) electrons. The lowest BCUT2D eigenvalue weighted by Crippen LogP contribution is -2.59. The molecule has 2 unspecified atom stereocenters. The summed E-state index contributed by atoms with van der Waals surface area (Å²) in [6.07, 6.45) is 4.74. The first-order chi connectivity index (χ1) is 9.99. The fourth-order valence-electron chi connectivity index (χ4n) is 3.27. The third kappa shape index (κ3) is 4.09. The summed E-state index contributed by atoms with van der Waals surface area (Å²) in [4.78, 5) is 25.5. The van der Waals surface area contributed by atoms with E-state index in [1.165, 1.54) is 0 Å². The molecule has 120 valence electrons. The van der Waals surface area contributed by atoms with Crippen LogP contribution in [0.25, 0.3) is 0 Å². The summed E-state index contributed by atoms with van der Waals surface area (Å²) >= 11 is 0. The van der Waals surface area contributed by atoms with E-state index in [-0.39, 0.29) is 24.1 Å². The summed E-state index contributed by atoms with van der Waals surface area (Å²) in [6, 6.07) is -0.980. The maximum absolute atomic E-state index is 12.4. The summed E-state index contributed by atoms with van der Waals surface area (Å²) in [5, 5.41) is 11.9. The van der Waals surface area contributed by atoms with Crippen LogP contribution in [-0.2, 0) is 9.53 Å². The minimum atomic E-state index is -0.967.